The van der Waals surface area contributed by atoms with Crippen LogP contribution in [0.15, 0.2) is 24.3 Å². The van der Waals surface area contributed by atoms with Crippen molar-refractivity contribution < 1.29 is 4.79 Å². The summed E-state index contributed by atoms with van der Waals surface area (Å²) in [5, 5.41) is 10.4. The van der Waals surface area contributed by atoms with E-state index in [2.05, 4.69) is 45.1 Å². The average molecular weight is 451 g/mol. The van der Waals surface area contributed by atoms with Gasteiger partial charge in [0.2, 0.25) is 11.9 Å². The van der Waals surface area contributed by atoms with Crippen molar-refractivity contribution >= 4 is 34.9 Å². The van der Waals surface area contributed by atoms with Crippen LogP contribution in [0.1, 0.15) is 38.2 Å². The fourth-order valence-corrected chi connectivity index (χ4v) is 4.97. The van der Waals surface area contributed by atoms with Crippen LogP contribution in [0.3, 0.4) is 0 Å². The van der Waals surface area contributed by atoms with Gasteiger partial charge in [-0.05, 0) is 56.4 Å². The van der Waals surface area contributed by atoms with Gasteiger partial charge in [0.1, 0.15) is 11.6 Å². The Bertz CT molecular complexity index is 979. The van der Waals surface area contributed by atoms with E-state index in [0.717, 1.165) is 87.8 Å². The second kappa shape index (κ2) is 9.43. The number of anilines is 5. The molecular weight excluding hydrogens is 416 g/mol. The van der Waals surface area contributed by atoms with E-state index in [0.29, 0.717) is 18.0 Å². The molecule has 0 unspecified atom stereocenters. The lowest BCUT2D eigenvalue weighted by Gasteiger charge is -2.35. The number of carbonyl (C=O) groups is 1. The number of aromatic nitrogens is 2. The lowest BCUT2D eigenvalue weighted by Crippen LogP contribution is -2.48. The lowest BCUT2D eigenvalue weighted by molar-refractivity contribution is -0.129. The van der Waals surface area contributed by atoms with E-state index < -0.39 is 0 Å². The highest BCUT2D eigenvalue weighted by molar-refractivity contribution is 5.73. The standard InChI is InChI=1S/C24H34N8O/c1-16(33)31-12-14-32(15-13-31)20-8-6-19(7-9-20)28-24-29-22-21(10-11-26-22)23(30-24)27-18-4-2-17(25)3-5-18/h6-9,17-18H,2-5,10-15,25H2,1H3,(H3,26,27,28,29,30). The van der Waals surface area contributed by atoms with Crippen LogP contribution in [-0.4, -0.2) is 65.6 Å². The first-order valence-electron chi connectivity index (χ1n) is 12.1. The number of nitrogens with one attached hydrogen (secondary N) is 3. The normalized spacial score (nSPS) is 22.5. The quantitative estimate of drug-likeness (QED) is 0.550. The van der Waals surface area contributed by atoms with E-state index in [1.54, 1.807) is 6.92 Å². The van der Waals surface area contributed by atoms with Gasteiger partial charge in [0, 0.05) is 68.7 Å². The summed E-state index contributed by atoms with van der Waals surface area (Å²) in [4.78, 5) is 25.3. The number of piperazine rings is 1. The Morgan fingerprint density at radius 3 is 2.48 bits per heavy atom. The molecule has 2 aromatic rings. The predicted molar refractivity (Wildman–Crippen MR) is 132 cm³/mol. The number of carbonyl (C=O) groups excluding carboxylic acids is 1. The molecule has 1 aliphatic carbocycles. The van der Waals surface area contributed by atoms with Crippen molar-refractivity contribution in [3.8, 4) is 0 Å². The van der Waals surface area contributed by atoms with Gasteiger partial charge in [-0.2, -0.15) is 9.97 Å². The van der Waals surface area contributed by atoms with Crippen molar-refractivity contribution in [1.29, 1.82) is 0 Å². The van der Waals surface area contributed by atoms with Crippen LogP contribution in [0.5, 0.6) is 0 Å². The highest BCUT2D eigenvalue weighted by atomic mass is 16.2. The third-order valence-corrected chi connectivity index (χ3v) is 7.00. The highest BCUT2D eigenvalue weighted by Gasteiger charge is 2.24. The maximum atomic E-state index is 11.6. The van der Waals surface area contributed by atoms with E-state index in [-0.39, 0.29) is 5.91 Å². The molecule has 0 bridgehead atoms. The Morgan fingerprint density at radius 2 is 1.79 bits per heavy atom. The van der Waals surface area contributed by atoms with E-state index in [4.69, 9.17) is 15.7 Å². The fraction of sp³-hybridized carbons (Fsp3) is 0.542. The molecule has 1 aromatic carbocycles. The number of amides is 1. The van der Waals surface area contributed by atoms with Crippen LogP contribution in [0, 0.1) is 0 Å². The topological polar surface area (TPSA) is 111 Å². The SMILES string of the molecule is CC(=O)N1CCN(c2ccc(Nc3nc4c(c(NC5CCC(N)CC5)n3)CCN4)cc2)CC1. The van der Waals surface area contributed by atoms with Crippen molar-refractivity contribution in [1.82, 2.24) is 14.9 Å². The molecule has 0 spiro atoms. The van der Waals surface area contributed by atoms with Gasteiger partial charge >= 0.3 is 0 Å². The van der Waals surface area contributed by atoms with Gasteiger partial charge in [0.25, 0.3) is 0 Å². The first-order chi connectivity index (χ1) is 16.0. The fourth-order valence-electron chi connectivity index (χ4n) is 4.97. The van der Waals surface area contributed by atoms with Crippen LogP contribution in [0.4, 0.5) is 29.0 Å². The van der Waals surface area contributed by atoms with Crippen LogP contribution in [0.25, 0.3) is 0 Å². The zero-order valence-corrected chi connectivity index (χ0v) is 19.3. The molecule has 3 aliphatic rings. The lowest BCUT2D eigenvalue weighted by atomic mass is 9.92. The van der Waals surface area contributed by atoms with Crippen molar-refractivity contribution in [2.75, 3.05) is 53.6 Å². The minimum absolute atomic E-state index is 0.152. The highest BCUT2D eigenvalue weighted by Crippen LogP contribution is 2.31. The zero-order chi connectivity index (χ0) is 22.8. The van der Waals surface area contributed by atoms with Gasteiger partial charge < -0.3 is 31.5 Å². The summed E-state index contributed by atoms with van der Waals surface area (Å²) >= 11 is 0. The zero-order valence-electron chi connectivity index (χ0n) is 19.3. The number of nitrogens with two attached hydrogens (primary N) is 1. The molecule has 2 aliphatic heterocycles. The Kier molecular flexibility index (Phi) is 6.22. The second-order valence-corrected chi connectivity index (χ2v) is 9.32. The van der Waals surface area contributed by atoms with E-state index in [1.165, 1.54) is 5.56 Å². The van der Waals surface area contributed by atoms with Crippen molar-refractivity contribution in [3.63, 3.8) is 0 Å². The molecular formula is C24H34N8O. The van der Waals surface area contributed by atoms with Crippen LogP contribution in [0.2, 0.25) is 0 Å². The minimum Gasteiger partial charge on any atom is -0.369 e. The Balaban J connectivity index is 1.26. The number of hydrogen-bond donors (Lipinski definition) is 4. The Labute approximate surface area is 195 Å². The van der Waals surface area contributed by atoms with Crippen LogP contribution >= 0.6 is 0 Å². The van der Waals surface area contributed by atoms with Gasteiger partial charge in [0.15, 0.2) is 0 Å². The van der Waals surface area contributed by atoms with Gasteiger partial charge in [-0.15, -0.1) is 0 Å². The monoisotopic (exact) mass is 450 g/mol. The number of hydrogen-bond acceptors (Lipinski definition) is 8. The Hall–Kier alpha value is -3.07. The number of rotatable bonds is 5. The first kappa shape index (κ1) is 21.8. The van der Waals surface area contributed by atoms with Crippen molar-refractivity contribution in [3.05, 3.63) is 29.8 Å². The molecule has 33 heavy (non-hydrogen) atoms. The van der Waals surface area contributed by atoms with Gasteiger partial charge in [-0.25, -0.2) is 0 Å². The summed E-state index contributed by atoms with van der Waals surface area (Å²) in [6.07, 6.45) is 5.22. The summed E-state index contributed by atoms with van der Waals surface area (Å²) in [5.41, 5.74) is 9.37. The molecule has 5 rings (SSSR count). The average Bonchev–Trinajstić information content (AvgIpc) is 3.30. The predicted octanol–water partition coefficient (Wildman–Crippen LogP) is 2.54. The maximum Gasteiger partial charge on any atom is 0.231 e. The Morgan fingerprint density at radius 1 is 1.06 bits per heavy atom. The summed E-state index contributed by atoms with van der Waals surface area (Å²) in [5.74, 6) is 2.61. The molecule has 5 N–H and O–H groups in total. The molecule has 9 heteroatoms. The van der Waals surface area contributed by atoms with Crippen molar-refractivity contribution in [2.24, 2.45) is 5.73 Å². The van der Waals surface area contributed by atoms with Crippen LogP contribution < -0.4 is 26.6 Å². The number of fused-ring (bicyclic) bond motifs is 1. The van der Waals surface area contributed by atoms with E-state index in [9.17, 15) is 4.79 Å². The van der Waals surface area contributed by atoms with Gasteiger partial charge in [-0.1, -0.05) is 0 Å². The van der Waals surface area contributed by atoms with Crippen molar-refractivity contribution in [2.45, 2.75) is 51.1 Å². The molecule has 3 heterocycles. The first-order valence-corrected chi connectivity index (χ1v) is 12.1. The van der Waals surface area contributed by atoms with E-state index in [1.807, 2.05) is 4.90 Å². The number of benzene rings is 1. The molecule has 9 nitrogen and oxygen atoms in total. The summed E-state index contributed by atoms with van der Waals surface area (Å²) in [6, 6.07) is 9.10. The van der Waals surface area contributed by atoms with Crippen LogP contribution in [-0.2, 0) is 11.2 Å². The molecule has 1 aromatic heterocycles. The summed E-state index contributed by atoms with van der Waals surface area (Å²) in [6.45, 7) is 5.78. The molecule has 1 saturated heterocycles. The molecule has 2 fully saturated rings. The largest absolute Gasteiger partial charge is 0.369 e. The smallest absolute Gasteiger partial charge is 0.231 e. The summed E-state index contributed by atoms with van der Waals surface area (Å²) in [7, 11) is 0. The minimum atomic E-state index is 0.152. The molecule has 1 amide bonds. The molecule has 0 atom stereocenters. The van der Waals surface area contributed by atoms with Gasteiger partial charge in [0.05, 0.1) is 0 Å². The number of nitrogens with zero attached hydrogens (tertiary/aromatic N) is 4. The van der Waals surface area contributed by atoms with E-state index >= 15 is 0 Å². The molecule has 0 radical (unpaired) electrons. The second-order valence-electron chi connectivity index (χ2n) is 9.32. The maximum absolute atomic E-state index is 11.6. The summed E-state index contributed by atoms with van der Waals surface area (Å²) < 4.78 is 0. The molecule has 1 saturated carbocycles. The third-order valence-electron chi connectivity index (χ3n) is 7.00. The molecule has 176 valence electrons. The van der Waals surface area contributed by atoms with Gasteiger partial charge in [-0.3, -0.25) is 4.79 Å². The third kappa shape index (κ3) is 4.98.